The second-order valence-corrected chi connectivity index (χ2v) is 6.00. The number of urea groups is 1. The van der Waals surface area contributed by atoms with E-state index in [2.05, 4.69) is 16.9 Å². The highest BCUT2D eigenvalue weighted by Crippen LogP contribution is 2.23. The molecule has 1 unspecified atom stereocenters. The number of hydrogen-bond donors (Lipinski definition) is 2. The van der Waals surface area contributed by atoms with Crippen molar-refractivity contribution in [1.29, 1.82) is 0 Å². The maximum absolute atomic E-state index is 11.6. The van der Waals surface area contributed by atoms with Crippen molar-refractivity contribution in [2.75, 3.05) is 6.61 Å². The summed E-state index contributed by atoms with van der Waals surface area (Å²) in [6.07, 6.45) is 5.82. The maximum Gasteiger partial charge on any atom is 0.312 e. The molecular weight excluding hydrogens is 340 g/mol. The summed E-state index contributed by atoms with van der Waals surface area (Å²) < 4.78 is 7.53. The Balaban J connectivity index is 1.92. The molecule has 0 spiro atoms. The van der Waals surface area contributed by atoms with Crippen LogP contribution in [0.1, 0.15) is 17.4 Å². The van der Waals surface area contributed by atoms with Gasteiger partial charge in [-0.3, -0.25) is 0 Å². The van der Waals surface area contributed by atoms with Crippen molar-refractivity contribution >= 4 is 6.03 Å². The molecule has 2 amide bonds. The Morgan fingerprint density at radius 3 is 2.81 bits per heavy atom. The van der Waals surface area contributed by atoms with Gasteiger partial charge in [-0.1, -0.05) is 49.1 Å². The lowest BCUT2D eigenvalue weighted by Crippen LogP contribution is -2.35. The molecule has 0 saturated carbocycles. The summed E-state index contributed by atoms with van der Waals surface area (Å²) in [5.41, 5.74) is 7.36. The number of primary amides is 1. The monoisotopic (exact) mass is 362 g/mol. The number of ether oxygens (including phenoxy) is 1. The SMILES string of the molecule is C=CCOc1cccc(-n2ccnc2C(Cc2ccccc2)NC(N)=O)c1. The van der Waals surface area contributed by atoms with Crippen molar-refractivity contribution in [3.8, 4) is 11.4 Å². The molecule has 0 aliphatic carbocycles. The first kappa shape index (κ1) is 18.3. The molecule has 138 valence electrons. The van der Waals surface area contributed by atoms with E-state index in [9.17, 15) is 4.79 Å². The Morgan fingerprint density at radius 1 is 1.26 bits per heavy atom. The topological polar surface area (TPSA) is 82.2 Å². The van der Waals surface area contributed by atoms with Crippen LogP contribution in [0, 0.1) is 0 Å². The van der Waals surface area contributed by atoms with Gasteiger partial charge in [-0.2, -0.15) is 0 Å². The molecule has 0 aliphatic heterocycles. The highest BCUT2D eigenvalue weighted by Gasteiger charge is 2.20. The predicted octanol–water partition coefficient (Wildman–Crippen LogP) is 3.39. The van der Waals surface area contributed by atoms with E-state index in [1.807, 2.05) is 65.4 Å². The van der Waals surface area contributed by atoms with Gasteiger partial charge < -0.3 is 20.4 Å². The summed E-state index contributed by atoms with van der Waals surface area (Å²) in [7, 11) is 0. The van der Waals surface area contributed by atoms with Gasteiger partial charge in [0.15, 0.2) is 0 Å². The van der Waals surface area contributed by atoms with Crippen LogP contribution in [0.15, 0.2) is 79.6 Å². The minimum absolute atomic E-state index is 0.363. The third-order valence-corrected chi connectivity index (χ3v) is 4.04. The molecule has 0 bridgehead atoms. The zero-order valence-corrected chi connectivity index (χ0v) is 14.9. The number of rotatable bonds is 8. The van der Waals surface area contributed by atoms with Gasteiger partial charge in [0, 0.05) is 18.5 Å². The standard InChI is InChI=1S/C21H22N4O2/c1-2-13-27-18-10-6-9-17(15-18)25-12-11-23-20(25)19(24-21(22)26)14-16-7-4-3-5-8-16/h2-12,15,19H,1,13-14H2,(H3,22,24,26). The first-order valence-electron chi connectivity index (χ1n) is 8.64. The lowest BCUT2D eigenvalue weighted by molar-refractivity contribution is 0.244. The van der Waals surface area contributed by atoms with Crippen LogP contribution < -0.4 is 15.8 Å². The van der Waals surface area contributed by atoms with Gasteiger partial charge in [0.05, 0.1) is 11.7 Å². The Labute approximate surface area is 158 Å². The number of carbonyl (C=O) groups excluding carboxylic acids is 1. The van der Waals surface area contributed by atoms with Crippen molar-refractivity contribution < 1.29 is 9.53 Å². The summed E-state index contributed by atoms with van der Waals surface area (Å²) in [6, 6.07) is 16.6. The molecule has 0 saturated heterocycles. The smallest absolute Gasteiger partial charge is 0.312 e. The second-order valence-electron chi connectivity index (χ2n) is 6.00. The predicted molar refractivity (Wildman–Crippen MR) is 105 cm³/mol. The molecule has 3 rings (SSSR count). The van der Waals surface area contributed by atoms with E-state index in [4.69, 9.17) is 10.5 Å². The fourth-order valence-corrected chi connectivity index (χ4v) is 2.90. The van der Waals surface area contributed by atoms with Gasteiger partial charge >= 0.3 is 6.03 Å². The summed E-state index contributed by atoms with van der Waals surface area (Å²) in [5, 5.41) is 2.80. The zero-order chi connectivity index (χ0) is 19.1. The minimum Gasteiger partial charge on any atom is -0.489 e. The molecule has 1 heterocycles. The average molecular weight is 362 g/mol. The largest absolute Gasteiger partial charge is 0.489 e. The minimum atomic E-state index is -0.589. The number of nitrogens with one attached hydrogen (secondary N) is 1. The van der Waals surface area contributed by atoms with Gasteiger partial charge in [0.25, 0.3) is 0 Å². The number of hydrogen-bond acceptors (Lipinski definition) is 3. The Kier molecular flexibility index (Phi) is 5.89. The van der Waals surface area contributed by atoms with Crippen LogP contribution in [0.2, 0.25) is 0 Å². The Bertz CT molecular complexity index is 905. The Morgan fingerprint density at radius 2 is 2.07 bits per heavy atom. The number of benzene rings is 2. The highest BCUT2D eigenvalue weighted by molar-refractivity contribution is 5.72. The van der Waals surface area contributed by atoms with E-state index in [-0.39, 0.29) is 6.04 Å². The van der Waals surface area contributed by atoms with Crippen molar-refractivity contribution in [1.82, 2.24) is 14.9 Å². The first-order valence-corrected chi connectivity index (χ1v) is 8.64. The molecule has 6 nitrogen and oxygen atoms in total. The molecule has 27 heavy (non-hydrogen) atoms. The molecule has 1 aromatic heterocycles. The van der Waals surface area contributed by atoms with Gasteiger partial charge in [0.1, 0.15) is 18.2 Å². The number of amides is 2. The lowest BCUT2D eigenvalue weighted by Gasteiger charge is -2.19. The van der Waals surface area contributed by atoms with Crippen LogP contribution in [-0.2, 0) is 6.42 Å². The molecule has 0 radical (unpaired) electrons. The van der Waals surface area contributed by atoms with Gasteiger partial charge in [-0.25, -0.2) is 9.78 Å². The normalized spacial score (nSPS) is 11.6. The van der Waals surface area contributed by atoms with Crippen LogP contribution in [0.25, 0.3) is 5.69 Å². The van der Waals surface area contributed by atoms with Crippen LogP contribution in [0.4, 0.5) is 4.79 Å². The third kappa shape index (κ3) is 4.76. The molecule has 0 aliphatic rings. The van der Waals surface area contributed by atoms with Crippen LogP contribution >= 0.6 is 0 Å². The average Bonchev–Trinajstić information content (AvgIpc) is 3.16. The highest BCUT2D eigenvalue weighted by atomic mass is 16.5. The van der Waals surface area contributed by atoms with Crippen LogP contribution in [-0.4, -0.2) is 22.2 Å². The van der Waals surface area contributed by atoms with E-state index in [0.717, 1.165) is 17.0 Å². The van der Waals surface area contributed by atoms with Gasteiger partial charge in [0.2, 0.25) is 0 Å². The van der Waals surface area contributed by atoms with E-state index in [0.29, 0.717) is 18.9 Å². The molecule has 6 heteroatoms. The van der Waals surface area contributed by atoms with Crippen LogP contribution in [0.5, 0.6) is 5.75 Å². The van der Waals surface area contributed by atoms with Crippen molar-refractivity contribution in [2.24, 2.45) is 5.73 Å². The van der Waals surface area contributed by atoms with Gasteiger partial charge in [-0.05, 0) is 24.1 Å². The molecule has 1 atom stereocenters. The van der Waals surface area contributed by atoms with Gasteiger partial charge in [-0.15, -0.1) is 0 Å². The quantitative estimate of drug-likeness (QED) is 0.603. The number of aromatic nitrogens is 2. The number of nitrogens with zero attached hydrogens (tertiary/aromatic N) is 2. The summed E-state index contributed by atoms with van der Waals surface area (Å²) in [4.78, 5) is 16.0. The number of nitrogens with two attached hydrogens (primary N) is 1. The summed E-state index contributed by atoms with van der Waals surface area (Å²) >= 11 is 0. The molecule has 0 fully saturated rings. The van der Waals surface area contributed by atoms with E-state index < -0.39 is 6.03 Å². The van der Waals surface area contributed by atoms with Crippen molar-refractivity contribution in [3.05, 3.63) is 91.0 Å². The number of carbonyl (C=O) groups is 1. The molecule has 3 N–H and O–H groups in total. The van der Waals surface area contributed by atoms with E-state index >= 15 is 0 Å². The molecule has 3 aromatic rings. The van der Waals surface area contributed by atoms with Crippen molar-refractivity contribution in [3.63, 3.8) is 0 Å². The fraction of sp³-hybridized carbons (Fsp3) is 0.143. The van der Waals surface area contributed by atoms with Crippen molar-refractivity contribution in [2.45, 2.75) is 12.5 Å². The van der Waals surface area contributed by atoms with E-state index in [1.165, 1.54) is 0 Å². The molecule has 2 aromatic carbocycles. The summed E-state index contributed by atoms with van der Waals surface area (Å²) in [5.74, 6) is 1.42. The molecular formula is C21H22N4O2. The second kappa shape index (κ2) is 8.71. The third-order valence-electron chi connectivity index (χ3n) is 4.04. The number of imidazole rings is 1. The van der Waals surface area contributed by atoms with E-state index in [1.54, 1.807) is 12.3 Å². The summed E-state index contributed by atoms with van der Waals surface area (Å²) in [6.45, 7) is 4.09. The fourth-order valence-electron chi connectivity index (χ4n) is 2.90. The Hall–Kier alpha value is -3.54. The maximum atomic E-state index is 11.6. The van der Waals surface area contributed by atoms with Crippen LogP contribution in [0.3, 0.4) is 0 Å². The lowest BCUT2D eigenvalue weighted by atomic mass is 10.1. The zero-order valence-electron chi connectivity index (χ0n) is 14.9. The first-order chi connectivity index (χ1) is 13.2.